The van der Waals surface area contributed by atoms with Crippen LogP contribution in [-0.2, 0) is 6.42 Å². The fourth-order valence-electron chi connectivity index (χ4n) is 2.05. The number of likely N-dealkylation sites (tertiary alicyclic amines) is 1. The Hall–Kier alpha value is -0.450. The maximum Gasteiger partial charge on any atom is 0.0940 e. The van der Waals surface area contributed by atoms with Crippen molar-refractivity contribution in [2.75, 3.05) is 20.1 Å². The van der Waals surface area contributed by atoms with Gasteiger partial charge < -0.3 is 10.0 Å². The fourth-order valence-corrected chi connectivity index (χ4v) is 3.05. The lowest BCUT2D eigenvalue weighted by atomic mass is 10.1. The SMILES string of the molecule is CC(O)c1csc(CC2CCN(C)C2)n1. The minimum atomic E-state index is -0.429. The zero-order valence-electron chi connectivity index (χ0n) is 9.31. The first kappa shape index (κ1) is 11.0. The molecule has 84 valence electrons. The lowest BCUT2D eigenvalue weighted by molar-refractivity contribution is 0.195. The molecule has 3 nitrogen and oxygen atoms in total. The van der Waals surface area contributed by atoms with Crippen LogP contribution in [0.15, 0.2) is 5.38 Å². The molecule has 0 radical (unpaired) electrons. The van der Waals surface area contributed by atoms with Gasteiger partial charge in [0.2, 0.25) is 0 Å². The van der Waals surface area contributed by atoms with E-state index in [9.17, 15) is 5.11 Å². The molecule has 0 aliphatic carbocycles. The maximum absolute atomic E-state index is 9.38. The van der Waals surface area contributed by atoms with Crippen molar-refractivity contribution in [3.8, 4) is 0 Å². The molecule has 0 amide bonds. The summed E-state index contributed by atoms with van der Waals surface area (Å²) in [5, 5.41) is 12.5. The third-order valence-corrected chi connectivity index (χ3v) is 3.84. The Labute approximate surface area is 94.8 Å². The van der Waals surface area contributed by atoms with E-state index < -0.39 is 6.10 Å². The van der Waals surface area contributed by atoms with Crippen molar-refractivity contribution >= 4 is 11.3 Å². The van der Waals surface area contributed by atoms with Gasteiger partial charge in [0.05, 0.1) is 16.8 Å². The molecule has 15 heavy (non-hydrogen) atoms. The summed E-state index contributed by atoms with van der Waals surface area (Å²) in [7, 11) is 2.17. The van der Waals surface area contributed by atoms with E-state index >= 15 is 0 Å². The number of hydrogen-bond acceptors (Lipinski definition) is 4. The molecule has 0 spiro atoms. The first-order valence-corrected chi connectivity index (χ1v) is 6.34. The third-order valence-electron chi connectivity index (χ3n) is 2.95. The van der Waals surface area contributed by atoms with Gasteiger partial charge >= 0.3 is 0 Å². The summed E-state index contributed by atoms with van der Waals surface area (Å²) in [6.45, 7) is 4.16. The average molecular weight is 226 g/mol. The standard InChI is InChI=1S/C11H18N2OS/c1-8(14)10-7-15-11(12-10)5-9-3-4-13(2)6-9/h7-9,14H,3-6H2,1-2H3. The monoisotopic (exact) mass is 226 g/mol. The van der Waals surface area contributed by atoms with Crippen LogP contribution in [0.25, 0.3) is 0 Å². The van der Waals surface area contributed by atoms with E-state index in [1.165, 1.54) is 24.5 Å². The van der Waals surface area contributed by atoms with Crippen molar-refractivity contribution in [2.24, 2.45) is 5.92 Å². The van der Waals surface area contributed by atoms with E-state index in [1.807, 2.05) is 5.38 Å². The average Bonchev–Trinajstić information content (AvgIpc) is 2.76. The molecule has 1 aromatic rings. The molecule has 1 aliphatic heterocycles. The zero-order valence-corrected chi connectivity index (χ0v) is 10.1. The van der Waals surface area contributed by atoms with Crippen molar-refractivity contribution in [1.82, 2.24) is 9.88 Å². The van der Waals surface area contributed by atoms with Crippen LogP contribution >= 0.6 is 11.3 Å². The highest BCUT2D eigenvalue weighted by Gasteiger charge is 2.21. The van der Waals surface area contributed by atoms with Gasteiger partial charge in [-0.15, -0.1) is 11.3 Å². The lowest BCUT2D eigenvalue weighted by Crippen LogP contribution is -2.14. The summed E-state index contributed by atoms with van der Waals surface area (Å²) in [4.78, 5) is 6.82. The van der Waals surface area contributed by atoms with E-state index in [1.54, 1.807) is 18.3 Å². The van der Waals surface area contributed by atoms with Crippen LogP contribution in [0, 0.1) is 5.92 Å². The smallest absolute Gasteiger partial charge is 0.0940 e. The zero-order chi connectivity index (χ0) is 10.8. The molecule has 2 unspecified atom stereocenters. The summed E-state index contributed by atoms with van der Waals surface area (Å²) in [5.41, 5.74) is 0.821. The summed E-state index contributed by atoms with van der Waals surface area (Å²) < 4.78 is 0. The van der Waals surface area contributed by atoms with Gasteiger partial charge in [-0.2, -0.15) is 0 Å². The Morgan fingerprint density at radius 1 is 1.73 bits per heavy atom. The van der Waals surface area contributed by atoms with Crippen LogP contribution in [-0.4, -0.2) is 35.1 Å². The first-order chi connectivity index (χ1) is 7.15. The van der Waals surface area contributed by atoms with Crippen LogP contribution in [0.1, 0.15) is 30.2 Å². The van der Waals surface area contributed by atoms with E-state index in [0.717, 1.165) is 18.0 Å². The van der Waals surface area contributed by atoms with E-state index in [4.69, 9.17) is 0 Å². The number of rotatable bonds is 3. The topological polar surface area (TPSA) is 36.4 Å². The van der Waals surface area contributed by atoms with Crippen LogP contribution in [0.3, 0.4) is 0 Å². The predicted molar refractivity (Wildman–Crippen MR) is 62.1 cm³/mol. The van der Waals surface area contributed by atoms with Gasteiger partial charge in [-0.1, -0.05) is 0 Å². The number of nitrogens with zero attached hydrogens (tertiary/aromatic N) is 2. The van der Waals surface area contributed by atoms with Crippen molar-refractivity contribution in [3.05, 3.63) is 16.1 Å². The Morgan fingerprint density at radius 3 is 3.07 bits per heavy atom. The molecule has 1 aromatic heterocycles. The van der Waals surface area contributed by atoms with Gasteiger partial charge in [-0.05, 0) is 32.9 Å². The second kappa shape index (κ2) is 4.60. The second-order valence-corrected chi connectivity index (χ2v) is 5.41. The maximum atomic E-state index is 9.38. The van der Waals surface area contributed by atoms with Crippen molar-refractivity contribution in [2.45, 2.75) is 25.9 Å². The molecule has 1 aliphatic rings. The Balaban J connectivity index is 1.93. The second-order valence-electron chi connectivity index (χ2n) is 4.46. The highest BCUT2D eigenvalue weighted by Crippen LogP contribution is 2.23. The summed E-state index contributed by atoms with van der Waals surface area (Å²) in [5.74, 6) is 0.753. The van der Waals surface area contributed by atoms with Crippen LogP contribution in [0.4, 0.5) is 0 Å². The number of aliphatic hydroxyl groups is 1. The summed E-state index contributed by atoms with van der Waals surface area (Å²) in [6, 6.07) is 0. The molecule has 2 heterocycles. The van der Waals surface area contributed by atoms with E-state index in [0.29, 0.717) is 0 Å². The number of hydrogen-bond donors (Lipinski definition) is 1. The Bertz CT molecular complexity index is 324. The summed E-state index contributed by atoms with van der Waals surface area (Å²) in [6.07, 6.45) is 1.92. The molecule has 1 fully saturated rings. The third kappa shape index (κ3) is 2.77. The van der Waals surface area contributed by atoms with Gasteiger partial charge in [-0.25, -0.2) is 4.98 Å². The summed E-state index contributed by atoms with van der Waals surface area (Å²) >= 11 is 1.68. The number of aliphatic hydroxyl groups excluding tert-OH is 1. The molecule has 4 heteroatoms. The molecule has 2 rings (SSSR count). The molecule has 1 N–H and O–H groups in total. The molecule has 0 aromatic carbocycles. The molecule has 0 bridgehead atoms. The quantitative estimate of drug-likeness (QED) is 0.852. The largest absolute Gasteiger partial charge is 0.387 e. The lowest BCUT2D eigenvalue weighted by Gasteiger charge is -2.07. The van der Waals surface area contributed by atoms with Gasteiger partial charge in [0.25, 0.3) is 0 Å². The van der Waals surface area contributed by atoms with Crippen LogP contribution in [0.5, 0.6) is 0 Å². The molecule has 0 saturated carbocycles. The molecular formula is C11H18N2OS. The van der Waals surface area contributed by atoms with Gasteiger partial charge in [0.15, 0.2) is 0 Å². The Kier molecular flexibility index (Phi) is 3.38. The van der Waals surface area contributed by atoms with Gasteiger partial charge in [0, 0.05) is 18.3 Å². The van der Waals surface area contributed by atoms with Crippen molar-refractivity contribution < 1.29 is 5.11 Å². The Morgan fingerprint density at radius 2 is 2.53 bits per heavy atom. The molecule has 2 atom stereocenters. The highest BCUT2D eigenvalue weighted by atomic mass is 32.1. The van der Waals surface area contributed by atoms with E-state index in [2.05, 4.69) is 16.9 Å². The van der Waals surface area contributed by atoms with Crippen LogP contribution in [0.2, 0.25) is 0 Å². The first-order valence-electron chi connectivity index (χ1n) is 5.46. The van der Waals surface area contributed by atoms with Crippen molar-refractivity contribution in [3.63, 3.8) is 0 Å². The van der Waals surface area contributed by atoms with E-state index in [-0.39, 0.29) is 0 Å². The van der Waals surface area contributed by atoms with Gasteiger partial charge in [-0.3, -0.25) is 0 Å². The number of thiazole rings is 1. The minimum Gasteiger partial charge on any atom is -0.387 e. The fraction of sp³-hybridized carbons (Fsp3) is 0.727. The number of aromatic nitrogens is 1. The normalized spacial score (nSPS) is 24.6. The van der Waals surface area contributed by atoms with Gasteiger partial charge in [0.1, 0.15) is 0 Å². The minimum absolute atomic E-state index is 0.429. The highest BCUT2D eigenvalue weighted by molar-refractivity contribution is 7.09. The van der Waals surface area contributed by atoms with Crippen molar-refractivity contribution in [1.29, 1.82) is 0 Å². The van der Waals surface area contributed by atoms with Crippen LogP contribution < -0.4 is 0 Å². The predicted octanol–water partition coefficient (Wildman–Crippen LogP) is 1.69. The molecular weight excluding hydrogens is 208 g/mol. The molecule has 1 saturated heterocycles.